The Morgan fingerprint density at radius 2 is 1.33 bits per heavy atom. The molecule has 3 atom stereocenters. The van der Waals surface area contributed by atoms with Crippen LogP contribution < -0.4 is 29.7 Å². The molecular formula is C19H37LiN2O5. The summed E-state index contributed by atoms with van der Waals surface area (Å²) in [6.07, 6.45) is 2.42. The van der Waals surface area contributed by atoms with Crippen molar-refractivity contribution in [2.75, 3.05) is 26.3 Å². The van der Waals surface area contributed by atoms with Gasteiger partial charge in [-0.3, -0.25) is 9.59 Å². The summed E-state index contributed by atoms with van der Waals surface area (Å²) in [5.74, 6) is -0.964. The van der Waals surface area contributed by atoms with E-state index in [0.29, 0.717) is 19.6 Å². The van der Waals surface area contributed by atoms with Crippen LogP contribution in [0.4, 0.5) is 0 Å². The van der Waals surface area contributed by atoms with Gasteiger partial charge in [-0.15, -0.1) is 0 Å². The Kier molecular flexibility index (Phi) is 20.8. The number of amides is 2. The molecule has 27 heavy (non-hydrogen) atoms. The SMILES string of the molecule is CCC(C)C(=O)N1CCOCC1.CCC(C)C(=O)[O-].CCC(C)C(N)=O.[Li+]. The van der Waals surface area contributed by atoms with E-state index >= 15 is 0 Å². The molecule has 1 fully saturated rings. The van der Waals surface area contributed by atoms with Crippen LogP contribution in [0, 0.1) is 17.8 Å². The summed E-state index contributed by atoms with van der Waals surface area (Å²) in [6, 6.07) is 0. The van der Waals surface area contributed by atoms with Crippen LogP contribution in [0.3, 0.4) is 0 Å². The summed E-state index contributed by atoms with van der Waals surface area (Å²) in [4.78, 5) is 33.5. The first-order valence-electron chi connectivity index (χ1n) is 9.48. The molecule has 0 spiro atoms. The molecule has 2 amide bonds. The zero-order valence-electron chi connectivity index (χ0n) is 18.2. The minimum absolute atomic E-state index is 0. The zero-order valence-corrected chi connectivity index (χ0v) is 18.2. The van der Waals surface area contributed by atoms with E-state index in [0.717, 1.165) is 25.9 Å². The van der Waals surface area contributed by atoms with Crippen molar-refractivity contribution in [1.82, 2.24) is 4.90 Å². The number of ether oxygens (including phenoxy) is 1. The first-order chi connectivity index (χ1) is 12.1. The quantitative estimate of drug-likeness (QED) is 0.546. The number of nitrogens with zero attached hydrogens (tertiary/aromatic N) is 1. The van der Waals surface area contributed by atoms with Crippen LogP contribution in [0.2, 0.25) is 0 Å². The molecule has 7 nitrogen and oxygen atoms in total. The molecule has 2 N–H and O–H groups in total. The van der Waals surface area contributed by atoms with Crippen LogP contribution in [0.5, 0.6) is 0 Å². The maximum Gasteiger partial charge on any atom is 1.00 e. The summed E-state index contributed by atoms with van der Waals surface area (Å²) >= 11 is 0. The van der Waals surface area contributed by atoms with Crippen LogP contribution in [0.25, 0.3) is 0 Å². The van der Waals surface area contributed by atoms with Crippen LogP contribution in [0.15, 0.2) is 0 Å². The van der Waals surface area contributed by atoms with Crippen molar-refractivity contribution in [1.29, 1.82) is 0 Å². The van der Waals surface area contributed by atoms with Crippen molar-refractivity contribution < 1.29 is 43.1 Å². The second kappa shape index (κ2) is 18.3. The predicted octanol–water partition coefficient (Wildman–Crippen LogP) is -1.80. The van der Waals surface area contributed by atoms with Gasteiger partial charge in [-0.25, -0.2) is 0 Å². The number of carbonyl (C=O) groups excluding carboxylic acids is 3. The molecule has 1 saturated heterocycles. The first-order valence-corrected chi connectivity index (χ1v) is 9.48. The van der Waals surface area contributed by atoms with Crippen LogP contribution in [-0.4, -0.2) is 49.0 Å². The average Bonchev–Trinajstić information content (AvgIpc) is 2.66. The van der Waals surface area contributed by atoms with Gasteiger partial charge in [-0.2, -0.15) is 0 Å². The van der Waals surface area contributed by atoms with Gasteiger partial charge in [0.2, 0.25) is 11.8 Å². The Labute approximate surface area is 176 Å². The van der Waals surface area contributed by atoms with Gasteiger partial charge < -0.3 is 25.3 Å². The van der Waals surface area contributed by atoms with E-state index in [1.165, 1.54) is 0 Å². The number of rotatable bonds is 6. The van der Waals surface area contributed by atoms with Gasteiger partial charge in [0.1, 0.15) is 0 Å². The van der Waals surface area contributed by atoms with Gasteiger partial charge in [0.15, 0.2) is 0 Å². The van der Waals surface area contributed by atoms with Crippen molar-refractivity contribution in [2.24, 2.45) is 23.5 Å². The van der Waals surface area contributed by atoms with Crippen molar-refractivity contribution in [3.8, 4) is 0 Å². The summed E-state index contributed by atoms with van der Waals surface area (Å²) < 4.78 is 5.17. The van der Waals surface area contributed by atoms with Gasteiger partial charge in [0.05, 0.1) is 13.2 Å². The number of carbonyl (C=O) groups is 3. The fourth-order valence-electron chi connectivity index (χ4n) is 1.64. The molecule has 1 heterocycles. The second-order valence-electron chi connectivity index (χ2n) is 6.59. The van der Waals surface area contributed by atoms with Crippen LogP contribution >= 0.6 is 0 Å². The minimum atomic E-state index is -0.956. The molecule has 1 aliphatic heterocycles. The van der Waals surface area contributed by atoms with Crippen molar-refractivity contribution in [2.45, 2.75) is 60.8 Å². The number of morpholine rings is 1. The second-order valence-corrected chi connectivity index (χ2v) is 6.59. The topological polar surface area (TPSA) is 113 Å². The fourth-order valence-corrected chi connectivity index (χ4v) is 1.64. The number of hydrogen-bond donors (Lipinski definition) is 1. The standard InChI is InChI=1S/C9H17NO2.C5H11NO.C5H10O2.Li/c1-3-8(2)9(11)10-4-6-12-7-5-10;2*1-3-4(2)5(6)7;/h8H,3-7H2,1-2H3;4H,3H2,1-2H3,(H2,6,7);4H,3H2,1-2H3,(H,6,7);/q;;;+1/p-1. The molecule has 0 saturated carbocycles. The number of carboxylic acid groups (broad SMARTS) is 1. The van der Waals surface area contributed by atoms with E-state index in [2.05, 4.69) is 0 Å². The van der Waals surface area contributed by atoms with Gasteiger partial charge in [-0.1, -0.05) is 41.5 Å². The van der Waals surface area contributed by atoms with E-state index in [1.807, 2.05) is 39.5 Å². The molecule has 0 aromatic rings. The third-order valence-electron chi connectivity index (χ3n) is 4.47. The monoisotopic (exact) mass is 380 g/mol. The van der Waals surface area contributed by atoms with Crippen molar-refractivity contribution >= 4 is 17.8 Å². The number of aliphatic carboxylic acids is 1. The fraction of sp³-hybridized carbons (Fsp3) is 0.842. The van der Waals surface area contributed by atoms with Crippen molar-refractivity contribution in [3.63, 3.8) is 0 Å². The maximum atomic E-state index is 11.6. The summed E-state index contributed by atoms with van der Waals surface area (Å²) in [5, 5.41) is 9.82. The Hall–Kier alpha value is -1.03. The summed E-state index contributed by atoms with van der Waals surface area (Å²) in [7, 11) is 0. The summed E-state index contributed by atoms with van der Waals surface area (Å²) in [6.45, 7) is 14.2. The first kappa shape index (κ1) is 30.7. The van der Waals surface area contributed by atoms with Gasteiger partial charge in [-0.05, 0) is 25.2 Å². The molecule has 0 aromatic heterocycles. The average molecular weight is 380 g/mol. The van der Waals surface area contributed by atoms with E-state index in [4.69, 9.17) is 10.5 Å². The number of nitrogens with two attached hydrogens (primary N) is 1. The Balaban J connectivity index is -0.000000336. The minimum Gasteiger partial charge on any atom is -0.550 e. The molecule has 1 rings (SSSR count). The summed E-state index contributed by atoms with van der Waals surface area (Å²) in [5.41, 5.74) is 4.91. The van der Waals surface area contributed by atoms with E-state index in [1.54, 1.807) is 6.92 Å². The molecule has 0 bridgehead atoms. The van der Waals surface area contributed by atoms with Crippen LogP contribution in [0.1, 0.15) is 60.8 Å². The Morgan fingerprint density at radius 1 is 0.926 bits per heavy atom. The molecule has 1 aliphatic rings. The molecule has 154 valence electrons. The molecule has 0 aromatic carbocycles. The molecule has 8 heteroatoms. The predicted molar refractivity (Wildman–Crippen MR) is 100.0 cm³/mol. The number of primary amides is 1. The van der Waals surface area contributed by atoms with Gasteiger partial charge in [0.25, 0.3) is 0 Å². The third-order valence-corrected chi connectivity index (χ3v) is 4.47. The van der Waals surface area contributed by atoms with Crippen LogP contribution in [-0.2, 0) is 19.1 Å². The Morgan fingerprint density at radius 3 is 1.56 bits per heavy atom. The molecule has 3 unspecified atom stereocenters. The number of carboxylic acids is 1. The van der Waals surface area contributed by atoms with E-state index in [9.17, 15) is 19.5 Å². The largest absolute Gasteiger partial charge is 1.00 e. The molecule has 0 aliphatic carbocycles. The maximum absolute atomic E-state index is 11.6. The normalized spacial score (nSPS) is 16.1. The smallest absolute Gasteiger partial charge is 0.550 e. The zero-order chi connectivity index (χ0) is 20.7. The molecular weight excluding hydrogens is 343 g/mol. The van der Waals surface area contributed by atoms with Gasteiger partial charge in [0, 0.05) is 30.9 Å². The van der Waals surface area contributed by atoms with Gasteiger partial charge >= 0.3 is 18.9 Å². The molecule has 0 radical (unpaired) electrons. The number of hydrogen-bond acceptors (Lipinski definition) is 5. The van der Waals surface area contributed by atoms with E-state index in [-0.39, 0.29) is 48.4 Å². The third kappa shape index (κ3) is 15.7. The van der Waals surface area contributed by atoms with Crippen molar-refractivity contribution in [3.05, 3.63) is 0 Å². The van der Waals surface area contributed by atoms with E-state index < -0.39 is 5.97 Å². The Bertz CT molecular complexity index is 395.